The first-order valence-electron chi connectivity index (χ1n) is 11.2. The van der Waals surface area contributed by atoms with Crippen LogP contribution in [0.4, 0.5) is 10.5 Å². The first kappa shape index (κ1) is 22.0. The SMILES string of the molecule is CCNC(=O)Nc1ccc2c(c1)CN(Cc1cn(C(C)C)c3ccc(OC)cc13)CCO2. The van der Waals surface area contributed by atoms with Crippen molar-refractivity contribution >= 4 is 22.6 Å². The Balaban J connectivity index is 1.59. The highest BCUT2D eigenvalue weighted by atomic mass is 16.5. The van der Waals surface area contributed by atoms with Crippen molar-refractivity contribution in [2.24, 2.45) is 0 Å². The minimum Gasteiger partial charge on any atom is -0.497 e. The molecule has 0 radical (unpaired) electrons. The summed E-state index contributed by atoms with van der Waals surface area (Å²) in [6.45, 7) is 9.89. The predicted octanol–water partition coefficient (Wildman–Crippen LogP) is 4.77. The van der Waals surface area contributed by atoms with Crippen LogP contribution in [0.1, 0.15) is 37.9 Å². The third kappa shape index (κ3) is 4.67. The molecule has 0 bridgehead atoms. The monoisotopic (exact) mass is 436 g/mol. The van der Waals surface area contributed by atoms with E-state index < -0.39 is 0 Å². The number of amides is 2. The quantitative estimate of drug-likeness (QED) is 0.584. The summed E-state index contributed by atoms with van der Waals surface area (Å²) in [6.07, 6.45) is 2.26. The van der Waals surface area contributed by atoms with Gasteiger partial charge >= 0.3 is 6.03 Å². The number of methoxy groups -OCH3 is 1. The summed E-state index contributed by atoms with van der Waals surface area (Å²) in [4.78, 5) is 14.3. The number of benzene rings is 2. The molecule has 0 saturated heterocycles. The van der Waals surface area contributed by atoms with Gasteiger partial charge in [-0.05, 0) is 62.7 Å². The molecule has 0 atom stereocenters. The van der Waals surface area contributed by atoms with Crippen molar-refractivity contribution in [2.45, 2.75) is 39.9 Å². The number of hydrogen-bond acceptors (Lipinski definition) is 4. The zero-order valence-corrected chi connectivity index (χ0v) is 19.3. The van der Waals surface area contributed by atoms with Gasteiger partial charge in [0.15, 0.2) is 0 Å². The van der Waals surface area contributed by atoms with Crippen LogP contribution in [-0.4, -0.2) is 42.3 Å². The molecule has 3 aromatic rings. The Bertz CT molecular complexity index is 1110. The van der Waals surface area contributed by atoms with E-state index in [1.54, 1.807) is 7.11 Å². The van der Waals surface area contributed by atoms with E-state index in [9.17, 15) is 4.79 Å². The summed E-state index contributed by atoms with van der Waals surface area (Å²) >= 11 is 0. The van der Waals surface area contributed by atoms with Crippen LogP contribution in [0.2, 0.25) is 0 Å². The molecule has 0 aliphatic carbocycles. The van der Waals surface area contributed by atoms with Crippen LogP contribution in [0, 0.1) is 0 Å². The Morgan fingerprint density at radius 1 is 1.22 bits per heavy atom. The molecule has 2 amide bonds. The van der Waals surface area contributed by atoms with Gasteiger partial charge in [0.2, 0.25) is 0 Å². The lowest BCUT2D eigenvalue weighted by molar-refractivity contribution is 0.220. The molecule has 0 unspecified atom stereocenters. The second kappa shape index (κ2) is 9.53. The molecule has 170 valence electrons. The summed E-state index contributed by atoms with van der Waals surface area (Å²) in [5, 5.41) is 6.87. The Morgan fingerprint density at radius 3 is 2.81 bits per heavy atom. The molecule has 0 saturated carbocycles. The van der Waals surface area contributed by atoms with Crippen molar-refractivity contribution in [1.29, 1.82) is 0 Å². The van der Waals surface area contributed by atoms with Crippen LogP contribution in [0.25, 0.3) is 10.9 Å². The first-order valence-corrected chi connectivity index (χ1v) is 11.2. The minimum absolute atomic E-state index is 0.200. The number of nitrogens with one attached hydrogen (secondary N) is 2. The summed E-state index contributed by atoms with van der Waals surface area (Å²) in [5.74, 6) is 1.74. The smallest absolute Gasteiger partial charge is 0.319 e. The third-order valence-corrected chi connectivity index (χ3v) is 5.79. The fourth-order valence-electron chi connectivity index (χ4n) is 4.22. The maximum atomic E-state index is 11.9. The van der Waals surface area contributed by atoms with Gasteiger partial charge in [0.1, 0.15) is 18.1 Å². The second-order valence-corrected chi connectivity index (χ2v) is 8.40. The number of aromatic nitrogens is 1. The maximum Gasteiger partial charge on any atom is 0.319 e. The van der Waals surface area contributed by atoms with Crippen LogP contribution in [0.5, 0.6) is 11.5 Å². The zero-order valence-electron chi connectivity index (χ0n) is 19.3. The van der Waals surface area contributed by atoms with Gasteiger partial charge < -0.3 is 24.7 Å². The topological polar surface area (TPSA) is 67.8 Å². The molecule has 2 aromatic carbocycles. The number of ether oxygens (including phenoxy) is 2. The lowest BCUT2D eigenvalue weighted by Gasteiger charge is -2.19. The average molecular weight is 437 g/mol. The van der Waals surface area contributed by atoms with E-state index in [1.807, 2.05) is 31.2 Å². The molecule has 4 rings (SSSR count). The highest BCUT2D eigenvalue weighted by Crippen LogP contribution is 2.31. The van der Waals surface area contributed by atoms with E-state index in [4.69, 9.17) is 9.47 Å². The highest BCUT2D eigenvalue weighted by Gasteiger charge is 2.19. The number of rotatable bonds is 6. The van der Waals surface area contributed by atoms with Crippen LogP contribution >= 0.6 is 0 Å². The summed E-state index contributed by atoms with van der Waals surface area (Å²) in [7, 11) is 1.70. The number of urea groups is 1. The van der Waals surface area contributed by atoms with E-state index in [0.717, 1.165) is 42.4 Å². The Morgan fingerprint density at radius 2 is 2.06 bits per heavy atom. The van der Waals surface area contributed by atoms with Gasteiger partial charge in [-0.25, -0.2) is 4.79 Å². The van der Waals surface area contributed by atoms with Gasteiger partial charge in [-0.2, -0.15) is 0 Å². The summed E-state index contributed by atoms with van der Waals surface area (Å²) in [6, 6.07) is 12.3. The van der Waals surface area contributed by atoms with E-state index >= 15 is 0 Å². The van der Waals surface area contributed by atoms with Crippen molar-refractivity contribution in [3.8, 4) is 11.5 Å². The summed E-state index contributed by atoms with van der Waals surface area (Å²) in [5.41, 5.74) is 4.33. The van der Waals surface area contributed by atoms with Crippen molar-refractivity contribution < 1.29 is 14.3 Å². The number of carbonyl (C=O) groups is 1. The second-order valence-electron chi connectivity index (χ2n) is 8.40. The van der Waals surface area contributed by atoms with Crippen molar-refractivity contribution in [2.75, 3.05) is 32.1 Å². The van der Waals surface area contributed by atoms with E-state index in [-0.39, 0.29) is 6.03 Å². The molecular weight excluding hydrogens is 404 g/mol. The molecule has 1 aromatic heterocycles. The summed E-state index contributed by atoms with van der Waals surface area (Å²) < 4.78 is 13.8. The molecule has 2 N–H and O–H groups in total. The van der Waals surface area contributed by atoms with Gasteiger partial charge in [-0.1, -0.05) is 0 Å². The average Bonchev–Trinajstić information content (AvgIpc) is 3.00. The number of fused-ring (bicyclic) bond motifs is 2. The van der Waals surface area contributed by atoms with Crippen molar-refractivity contribution in [3.05, 3.63) is 53.7 Å². The number of nitrogens with zero attached hydrogens (tertiary/aromatic N) is 2. The molecule has 0 fully saturated rings. The minimum atomic E-state index is -0.200. The van der Waals surface area contributed by atoms with Crippen LogP contribution in [-0.2, 0) is 13.1 Å². The number of carbonyl (C=O) groups excluding carboxylic acids is 1. The Kier molecular flexibility index (Phi) is 6.55. The number of anilines is 1. The predicted molar refractivity (Wildman–Crippen MR) is 128 cm³/mol. The maximum absolute atomic E-state index is 11.9. The fourth-order valence-corrected chi connectivity index (χ4v) is 4.22. The van der Waals surface area contributed by atoms with Gasteiger partial charge in [0.05, 0.1) is 7.11 Å². The molecule has 7 heteroatoms. The molecule has 32 heavy (non-hydrogen) atoms. The molecular formula is C25H32N4O3. The Hall–Kier alpha value is -3.19. The van der Waals surface area contributed by atoms with Crippen molar-refractivity contribution in [1.82, 2.24) is 14.8 Å². The van der Waals surface area contributed by atoms with E-state index in [0.29, 0.717) is 19.2 Å². The Labute approximate surface area is 189 Å². The first-order chi connectivity index (χ1) is 15.5. The molecule has 0 spiro atoms. The molecule has 1 aliphatic heterocycles. The van der Waals surface area contributed by atoms with Crippen LogP contribution in [0.3, 0.4) is 0 Å². The van der Waals surface area contributed by atoms with Crippen molar-refractivity contribution in [3.63, 3.8) is 0 Å². The standard InChI is InChI=1S/C25H32N4O3/c1-5-26-25(30)27-20-6-9-24-18(12-20)14-28(10-11-32-24)15-19-16-29(17(2)3)23-8-7-21(31-4)13-22(19)23/h6-9,12-13,16-17H,5,10-11,14-15H2,1-4H3,(H2,26,27,30). The largest absolute Gasteiger partial charge is 0.497 e. The molecule has 2 heterocycles. The van der Waals surface area contributed by atoms with E-state index in [1.165, 1.54) is 16.5 Å². The molecule has 1 aliphatic rings. The van der Waals surface area contributed by atoms with Gasteiger partial charge in [0.25, 0.3) is 0 Å². The van der Waals surface area contributed by atoms with Crippen LogP contribution < -0.4 is 20.1 Å². The van der Waals surface area contributed by atoms with Crippen LogP contribution in [0.15, 0.2) is 42.6 Å². The van der Waals surface area contributed by atoms with Gasteiger partial charge in [-0.3, -0.25) is 4.90 Å². The lowest BCUT2D eigenvalue weighted by atomic mass is 10.1. The van der Waals surface area contributed by atoms with Gasteiger partial charge in [-0.15, -0.1) is 0 Å². The lowest BCUT2D eigenvalue weighted by Crippen LogP contribution is -2.28. The highest BCUT2D eigenvalue weighted by molar-refractivity contribution is 5.89. The fraction of sp³-hybridized carbons (Fsp3) is 0.400. The number of hydrogen-bond donors (Lipinski definition) is 2. The molecule has 7 nitrogen and oxygen atoms in total. The van der Waals surface area contributed by atoms with E-state index in [2.05, 4.69) is 52.3 Å². The zero-order chi connectivity index (χ0) is 22.7. The third-order valence-electron chi connectivity index (χ3n) is 5.79. The van der Waals surface area contributed by atoms with Gasteiger partial charge in [0, 0.05) is 60.6 Å². The normalized spacial score (nSPS) is 14.0.